The van der Waals surface area contributed by atoms with Gasteiger partial charge >= 0.3 is 0 Å². The lowest BCUT2D eigenvalue weighted by Gasteiger charge is -2.22. The molecule has 0 aliphatic carbocycles. The van der Waals surface area contributed by atoms with Gasteiger partial charge in [0.15, 0.2) is 0 Å². The van der Waals surface area contributed by atoms with E-state index in [9.17, 15) is 8.42 Å². The maximum Gasteiger partial charge on any atom is 0.244 e. The molecule has 0 spiro atoms. The minimum absolute atomic E-state index is 0.0301. The predicted octanol–water partition coefficient (Wildman–Crippen LogP) is 2.51. The summed E-state index contributed by atoms with van der Waals surface area (Å²) in [4.78, 5) is -0.0474. The van der Waals surface area contributed by atoms with Crippen molar-refractivity contribution >= 4 is 33.2 Å². The molecule has 1 N–H and O–H groups in total. The van der Waals surface area contributed by atoms with Gasteiger partial charge in [0.2, 0.25) is 10.0 Å². The molecule has 0 atom stereocenters. The fourth-order valence-electron chi connectivity index (χ4n) is 1.35. The molecule has 0 bridgehead atoms. The van der Waals surface area contributed by atoms with E-state index in [0.29, 0.717) is 0 Å². The van der Waals surface area contributed by atoms with Crippen LogP contribution in [-0.2, 0) is 16.6 Å². The van der Waals surface area contributed by atoms with Crippen LogP contribution in [0.15, 0.2) is 17.0 Å². The van der Waals surface area contributed by atoms with Gasteiger partial charge in [-0.3, -0.25) is 0 Å². The summed E-state index contributed by atoms with van der Waals surface area (Å²) in [5, 5.41) is 9.37. The van der Waals surface area contributed by atoms with Crippen molar-refractivity contribution in [3.05, 3.63) is 27.7 Å². The minimum Gasteiger partial charge on any atom is -0.392 e. The second-order valence-electron chi connectivity index (χ2n) is 4.11. The molecular weight excluding hydrogens is 297 g/mol. The maximum absolute atomic E-state index is 12.3. The van der Waals surface area contributed by atoms with Gasteiger partial charge < -0.3 is 5.11 Å². The Morgan fingerprint density at radius 2 is 1.89 bits per heavy atom. The zero-order valence-corrected chi connectivity index (χ0v) is 12.6. The summed E-state index contributed by atoms with van der Waals surface area (Å²) in [5.74, 6) is 0. The Kier molecular flexibility index (Phi) is 5.03. The van der Waals surface area contributed by atoms with Crippen molar-refractivity contribution in [2.24, 2.45) is 0 Å². The molecule has 1 aromatic rings. The summed E-state index contributed by atoms with van der Waals surface area (Å²) in [6.45, 7) is 3.11. The van der Waals surface area contributed by atoms with Crippen LogP contribution in [0.5, 0.6) is 0 Å². The van der Waals surface area contributed by atoms with E-state index in [1.165, 1.54) is 23.5 Å². The second-order valence-corrected chi connectivity index (χ2v) is 6.86. The van der Waals surface area contributed by atoms with Crippen molar-refractivity contribution in [2.45, 2.75) is 31.4 Å². The molecular formula is C11H15Cl2NO3S. The first kappa shape index (κ1) is 15.7. The number of aliphatic hydroxyl groups excluding tert-OH is 1. The Bertz CT molecular complexity index is 543. The van der Waals surface area contributed by atoms with Gasteiger partial charge in [0, 0.05) is 23.7 Å². The van der Waals surface area contributed by atoms with Crippen LogP contribution in [0, 0.1) is 0 Å². The molecule has 0 saturated heterocycles. The van der Waals surface area contributed by atoms with E-state index in [1.807, 2.05) is 0 Å². The van der Waals surface area contributed by atoms with Crippen LogP contribution in [0.3, 0.4) is 0 Å². The largest absolute Gasteiger partial charge is 0.392 e. The average Bonchev–Trinajstić information content (AvgIpc) is 2.28. The van der Waals surface area contributed by atoms with E-state index in [2.05, 4.69) is 0 Å². The van der Waals surface area contributed by atoms with Crippen LogP contribution in [-0.4, -0.2) is 30.9 Å². The summed E-state index contributed by atoms with van der Waals surface area (Å²) in [5.41, 5.74) is 0.219. The van der Waals surface area contributed by atoms with Crippen LogP contribution in [0.2, 0.25) is 10.0 Å². The quantitative estimate of drug-likeness (QED) is 0.929. The summed E-state index contributed by atoms with van der Waals surface area (Å²) >= 11 is 11.8. The highest BCUT2D eigenvalue weighted by Gasteiger charge is 2.27. The lowest BCUT2D eigenvalue weighted by Crippen LogP contribution is -2.33. The fraction of sp³-hybridized carbons (Fsp3) is 0.455. The Morgan fingerprint density at radius 3 is 2.33 bits per heavy atom. The first-order valence-corrected chi connectivity index (χ1v) is 7.48. The molecule has 0 amide bonds. The van der Waals surface area contributed by atoms with Crippen molar-refractivity contribution in [1.29, 1.82) is 0 Å². The topological polar surface area (TPSA) is 57.6 Å². The third-order valence-electron chi connectivity index (χ3n) is 2.69. The molecule has 0 heterocycles. The fourth-order valence-corrected chi connectivity index (χ4v) is 3.59. The Morgan fingerprint density at radius 1 is 1.33 bits per heavy atom. The van der Waals surface area contributed by atoms with E-state index in [1.54, 1.807) is 13.8 Å². The third kappa shape index (κ3) is 2.81. The molecule has 1 aromatic carbocycles. The van der Waals surface area contributed by atoms with E-state index >= 15 is 0 Å². The van der Waals surface area contributed by atoms with Gasteiger partial charge in [0.25, 0.3) is 0 Å². The van der Waals surface area contributed by atoms with Gasteiger partial charge in [0.1, 0.15) is 4.90 Å². The third-order valence-corrected chi connectivity index (χ3v) is 5.67. The normalized spacial score (nSPS) is 12.4. The highest BCUT2D eigenvalue weighted by molar-refractivity contribution is 7.89. The predicted molar refractivity (Wildman–Crippen MR) is 72.5 cm³/mol. The van der Waals surface area contributed by atoms with E-state index in [-0.39, 0.29) is 26.5 Å². The van der Waals surface area contributed by atoms with Crippen molar-refractivity contribution in [1.82, 2.24) is 4.31 Å². The van der Waals surface area contributed by atoms with Crippen LogP contribution in [0.4, 0.5) is 0 Å². The smallest absolute Gasteiger partial charge is 0.244 e. The number of hydrogen-bond acceptors (Lipinski definition) is 3. The summed E-state index contributed by atoms with van der Waals surface area (Å²) in [7, 11) is -2.21. The number of aliphatic hydroxyl groups is 1. The highest BCUT2D eigenvalue weighted by Crippen LogP contribution is 2.32. The van der Waals surface area contributed by atoms with E-state index in [0.717, 1.165) is 0 Å². The highest BCUT2D eigenvalue weighted by atomic mass is 35.5. The zero-order valence-electron chi connectivity index (χ0n) is 10.3. The van der Waals surface area contributed by atoms with Gasteiger partial charge in [-0.2, -0.15) is 4.31 Å². The molecule has 0 fully saturated rings. The molecule has 0 aliphatic rings. The zero-order chi connectivity index (χ0) is 14.1. The van der Waals surface area contributed by atoms with Gasteiger partial charge in [-0.25, -0.2) is 8.42 Å². The van der Waals surface area contributed by atoms with Crippen LogP contribution < -0.4 is 0 Å². The maximum atomic E-state index is 12.3. The summed E-state index contributed by atoms with van der Waals surface area (Å²) < 4.78 is 25.8. The minimum atomic E-state index is -3.69. The van der Waals surface area contributed by atoms with Gasteiger partial charge in [-0.1, -0.05) is 23.2 Å². The molecule has 0 unspecified atom stereocenters. The van der Waals surface area contributed by atoms with Crippen LogP contribution in [0.1, 0.15) is 19.4 Å². The number of halogens is 2. The molecule has 0 saturated carbocycles. The molecule has 1 rings (SSSR count). The van der Waals surface area contributed by atoms with Gasteiger partial charge in [-0.15, -0.1) is 0 Å². The second kappa shape index (κ2) is 5.75. The molecule has 18 heavy (non-hydrogen) atoms. The lowest BCUT2D eigenvalue weighted by molar-refractivity contribution is 0.281. The van der Waals surface area contributed by atoms with Crippen molar-refractivity contribution in [2.75, 3.05) is 7.05 Å². The first-order chi connectivity index (χ1) is 8.23. The number of hydrogen-bond donors (Lipinski definition) is 1. The van der Waals surface area contributed by atoms with Crippen molar-refractivity contribution < 1.29 is 13.5 Å². The number of benzene rings is 1. The first-order valence-electron chi connectivity index (χ1n) is 5.29. The summed E-state index contributed by atoms with van der Waals surface area (Å²) in [6.07, 6.45) is 0. The Balaban J connectivity index is 3.44. The Labute approximate surface area is 117 Å². The van der Waals surface area contributed by atoms with Crippen molar-refractivity contribution in [3.63, 3.8) is 0 Å². The Hall–Kier alpha value is -0.330. The van der Waals surface area contributed by atoms with Crippen LogP contribution in [0.25, 0.3) is 0 Å². The average molecular weight is 312 g/mol. The molecule has 7 heteroatoms. The van der Waals surface area contributed by atoms with Gasteiger partial charge in [-0.05, 0) is 26.0 Å². The molecule has 0 aromatic heterocycles. The van der Waals surface area contributed by atoms with Gasteiger partial charge in [0.05, 0.1) is 11.6 Å². The van der Waals surface area contributed by atoms with E-state index in [4.69, 9.17) is 28.3 Å². The van der Waals surface area contributed by atoms with Crippen molar-refractivity contribution in [3.8, 4) is 0 Å². The monoisotopic (exact) mass is 311 g/mol. The number of nitrogens with zero attached hydrogens (tertiary/aromatic N) is 1. The van der Waals surface area contributed by atoms with E-state index < -0.39 is 16.6 Å². The molecule has 0 aliphatic heterocycles. The SMILES string of the molecule is CC(C)N(C)S(=O)(=O)c1ccc(Cl)c(CO)c1Cl. The standard InChI is InChI=1S/C11H15Cl2NO3S/c1-7(2)14(3)18(16,17)10-5-4-9(12)8(6-15)11(10)13/h4-5,7,15H,6H2,1-3H3. The number of rotatable bonds is 4. The number of sulfonamides is 1. The summed E-state index contributed by atoms with van der Waals surface area (Å²) in [6, 6.07) is 2.57. The lowest BCUT2D eigenvalue weighted by atomic mass is 10.2. The molecule has 102 valence electrons. The molecule has 4 nitrogen and oxygen atoms in total. The molecule has 0 radical (unpaired) electrons. The van der Waals surface area contributed by atoms with Crippen LogP contribution >= 0.6 is 23.2 Å².